The molecule has 4 bridgehead atoms. The highest BCUT2D eigenvalue weighted by Gasteiger charge is 2.63. The third-order valence-electron chi connectivity index (χ3n) is 13.9. The number of nitrogens with zero attached hydrogens (tertiary/aromatic N) is 2. The topological polar surface area (TPSA) is 74.8 Å². The molecular weight excluding hydrogens is 657 g/mol. The number of hydrogen-bond acceptors (Lipinski definition) is 4. The van der Waals surface area contributed by atoms with Gasteiger partial charge in [-0.15, -0.1) is 0 Å². The molecule has 2 saturated heterocycles. The van der Waals surface area contributed by atoms with Crippen molar-refractivity contribution >= 4 is 46.9 Å². The molecule has 2 aliphatic heterocycles. The van der Waals surface area contributed by atoms with E-state index in [1.807, 2.05) is 12.2 Å². The Morgan fingerprint density at radius 1 is 0.717 bits per heavy atom. The Balaban J connectivity index is 0.897. The van der Waals surface area contributed by atoms with Crippen LogP contribution in [0.5, 0.6) is 0 Å². The normalized spacial score (nSPS) is 30.3. The predicted molar refractivity (Wildman–Crippen MR) is 211 cm³/mol. The fraction of sp³-hybridized carbons (Fsp3) is 0.489. The number of rotatable bonds is 13. The van der Waals surface area contributed by atoms with Gasteiger partial charge in [0.25, 0.3) is 0 Å². The number of carbonyl (C=O) groups is 4. The minimum absolute atomic E-state index is 0.00509. The Hall–Kier alpha value is -4.32. The number of carbonyl (C=O) groups excluding carboxylic acids is 4. The highest BCUT2D eigenvalue weighted by Crippen LogP contribution is 2.60. The standard InChI is InChI=1S/C47H54N2O4/c1-8-27-12-14-29(10-3)33(18-27)35-20-31-22-37(35)41-39(31)43(50)48(45(41)52)17-16-26(5)24-47(6,7)25-49-44(51)40-32-21-36(38(23-32)42(40)46(49)53)34-19-28(9-2)13-15-30(34)11-4/h8-9,12-15,18-21,26,31-32,37-42H,1-2,10-11,16-17,22-25H2,3-7H3. The Morgan fingerprint density at radius 2 is 1.17 bits per heavy atom. The highest BCUT2D eigenvalue weighted by molar-refractivity contribution is 6.08. The zero-order chi connectivity index (χ0) is 37.5. The van der Waals surface area contributed by atoms with Gasteiger partial charge in [-0.25, -0.2) is 0 Å². The van der Waals surface area contributed by atoms with Gasteiger partial charge in [-0.05, 0) is 130 Å². The van der Waals surface area contributed by atoms with Crippen molar-refractivity contribution in [2.24, 2.45) is 58.7 Å². The van der Waals surface area contributed by atoms with E-state index in [1.54, 1.807) is 9.80 Å². The van der Waals surface area contributed by atoms with Gasteiger partial charge in [-0.2, -0.15) is 0 Å². The zero-order valence-electron chi connectivity index (χ0n) is 32.1. The Labute approximate surface area is 315 Å². The molecule has 53 heavy (non-hydrogen) atoms. The molecule has 0 spiro atoms. The third kappa shape index (κ3) is 5.65. The lowest BCUT2D eigenvalue weighted by Crippen LogP contribution is -2.41. The summed E-state index contributed by atoms with van der Waals surface area (Å²) in [4.78, 5) is 58.8. The largest absolute Gasteiger partial charge is 0.282 e. The zero-order valence-corrected chi connectivity index (χ0v) is 32.1. The van der Waals surface area contributed by atoms with Crippen molar-refractivity contribution in [2.75, 3.05) is 13.1 Å². The van der Waals surface area contributed by atoms with Gasteiger partial charge in [-0.3, -0.25) is 29.0 Å². The van der Waals surface area contributed by atoms with Crippen molar-refractivity contribution in [3.8, 4) is 0 Å². The van der Waals surface area contributed by atoms with Crippen molar-refractivity contribution in [3.63, 3.8) is 0 Å². The predicted octanol–water partition coefficient (Wildman–Crippen LogP) is 8.51. The van der Waals surface area contributed by atoms with Crippen LogP contribution in [0.25, 0.3) is 23.3 Å². The fourth-order valence-corrected chi connectivity index (χ4v) is 11.6. The second-order valence-corrected chi connectivity index (χ2v) is 17.7. The quantitative estimate of drug-likeness (QED) is 0.196. The van der Waals surface area contributed by atoms with Crippen molar-refractivity contribution in [1.82, 2.24) is 9.80 Å². The summed E-state index contributed by atoms with van der Waals surface area (Å²) in [6.45, 7) is 19.5. The van der Waals surface area contributed by atoms with E-state index in [0.29, 0.717) is 19.5 Å². The van der Waals surface area contributed by atoms with Gasteiger partial charge in [0.05, 0.1) is 23.7 Å². The molecule has 6 aliphatic rings. The molecule has 0 N–H and O–H groups in total. The van der Waals surface area contributed by atoms with Gasteiger partial charge in [0.2, 0.25) is 23.6 Å². The first-order valence-corrected chi connectivity index (χ1v) is 20.0. The van der Waals surface area contributed by atoms with Gasteiger partial charge < -0.3 is 0 Å². The first-order chi connectivity index (χ1) is 25.4. The molecule has 276 valence electrons. The maximum absolute atomic E-state index is 14.1. The van der Waals surface area contributed by atoms with Gasteiger partial charge in [0.15, 0.2) is 0 Å². The second-order valence-electron chi connectivity index (χ2n) is 17.7. The molecule has 9 atom stereocenters. The molecule has 2 heterocycles. The Kier molecular flexibility index (Phi) is 8.90. The van der Waals surface area contributed by atoms with E-state index >= 15 is 0 Å². The molecule has 6 heteroatoms. The van der Waals surface area contributed by atoms with Crippen LogP contribution in [0.15, 0.2) is 61.7 Å². The summed E-state index contributed by atoms with van der Waals surface area (Å²) in [7, 11) is 0. The number of imide groups is 2. The van der Waals surface area contributed by atoms with Crippen LogP contribution in [-0.4, -0.2) is 46.5 Å². The lowest BCUT2D eigenvalue weighted by atomic mass is 9.77. The van der Waals surface area contributed by atoms with E-state index in [-0.39, 0.29) is 82.3 Å². The van der Waals surface area contributed by atoms with Crippen LogP contribution < -0.4 is 0 Å². The number of allylic oxidation sites excluding steroid dienone is 4. The van der Waals surface area contributed by atoms with E-state index < -0.39 is 0 Å². The van der Waals surface area contributed by atoms with E-state index in [9.17, 15) is 19.2 Å². The van der Waals surface area contributed by atoms with Crippen molar-refractivity contribution in [3.05, 3.63) is 95.1 Å². The average molecular weight is 711 g/mol. The molecule has 4 fully saturated rings. The van der Waals surface area contributed by atoms with Crippen molar-refractivity contribution in [2.45, 2.75) is 73.1 Å². The summed E-state index contributed by atoms with van der Waals surface area (Å²) in [6.07, 6.45) is 13.3. The average Bonchev–Trinajstić information content (AvgIpc) is 4.00. The summed E-state index contributed by atoms with van der Waals surface area (Å²) in [5, 5.41) is 0. The van der Waals surface area contributed by atoms with E-state index in [0.717, 1.165) is 43.2 Å². The van der Waals surface area contributed by atoms with Crippen LogP contribution in [0, 0.1) is 58.7 Å². The monoisotopic (exact) mass is 710 g/mol. The summed E-state index contributed by atoms with van der Waals surface area (Å²) >= 11 is 0. The third-order valence-corrected chi connectivity index (χ3v) is 13.9. The summed E-state index contributed by atoms with van der Waals surface area (Å²) in [5.41, 5.74) is 9.24. The fourth-order valence-electron chi connectivity index (χ4n) is 11.6. The van der Waals surface area contributed by atoms with Crippen LogP contribution in [0.2, 0.25) is 0 Å². The number of fused-ring (bicyclic) bond motifs is 10. The van der Waals surface area contributed by atoms with Gasteiger partial charge in [0, 0.05) is 13.1 Å². The molecule has 2 aromatic rings. The van der Waals surface area contributed by atoms with E-state index in [2.05, 4.69) is 96.3 Å². The molecule has 9 unspecified atom stereocenters. The Bertz CT molecular complexity index is 2000. The molecule has 8 rings (SSSR count). The van der Waals surface area contributed by atoms with E-state index in [4.69, 9.17) is 0 Å². The van der Waals surface area contributed by atoms with Crippen LogP contribution in [0.1, 0.15) is 93.7 Å². The SMILES string of the molecule is C=Cc1ccc(CC)c(C2=CC3CC2C2C(=O)N(CCC(C)CC(C)(C)CN4C(=O)C5C6C=C(c7cc(C=C)ccc7CC)C(C6)C5C4=O)C(=O)C32)c1. The molecule has 4 amide bonds. The van der Waals surface area contributed by atoms with Crippen LogP contribution in [0.4, 0.5) is 0 Å². The first kappa shape index (κ1) is 35.7. The number of likely N-dealkylation sites (tertiary alicyclic amines) is 2. The molecule has 4 aliphatic carbocycles. The molecule has 0 radical (unpaired) electrons. The molecular formula is C47H54N2O4. The van der Waals surface area contributed by atoms with Crippen LogP contribution >= 0.6 is 0 Å². The van der Waals surface area contributed by atoms with Gasteiger partial charge in [0.1, 0.15) is 0 Å². The number of aryl methyl sites for hydroxylation is 2. The lowest BCUT2D eigenvalue weighted by molar-refractivity contribution is -0.143. The smallest absolute Gasteiger partial charge is 0.233 e. The molecule has 2 saturated carbocycles. The maximum Gasteiger partial charge on any atom is 0.233 e. The number of benzene rings is 2. The minimum atomic E-state index is -0.309. The maximum atomic E-state index is 14.1. The minimum Gasteiger partial charge on any atom is -0.282 e. The lowest BCUT2D eigenvalue weighted by Gasteiger charge is -2.33. The molecule has 0 aromatic heterocycles. The summed E-state index contributed by atoms with van der Waals surface area (Å²) in [6, 6.07) is 12.9. The van der Waals surface area contributed by atoms with Crippen LogP contribution in [0.3, 0.4) is 0 Å². The summed E-state index contributed by atoms with van der Waals surface area (Å²) < 4.78 is 0. The second kappa shape index (κ2) is 13.2. The first-order valence-electron chi connectivity index (χ1n) is 20.0. The van der Waals surface area contributed by atoms with Crippen molar-refractivity contribution < 1.29 is 19.2 Å². The summed E-state index contributed by atoms with van der Waals surface area (Å²) in [5.74, 6) is -0.529. The molecule has 2 aromatic carbocycles. The van der Waals surface area contributed by atoms with Gasteiger partial charge in [-0.1, -0.05) is 96.3 Å². The molecule has 6 nitrogen and oxygen atoms in total. The highest BCUT2D eigenvalue weighted by atomic mass is 16.2. The van der Waals surface area contributed by atoms with E-state index in [1.165, 1.54) is 33.4 Å². The van der Waals surface area contributed by atoms with Crippen LogP contribution in [-0.2, 0) is 32.0 Å². The van der Waals surface area contributed by atoms with Gasteiger partial charge >= 0.3 is 0 Å². The Morgan fingerprint density at radius 3 is 1.64 bits per heavy atom. The number of amides is 4. The van der Waals surface area contributed by atoms with Crippen molar-refractivity contribution in [1.29, 1.82) is 0 Å². The number of hydrogen-bond donors (Lipinski definition) is 0.